The van der Waals surface area contributed by atoms with Gasteiger partial charge in [0, 0.05) is 11.8 Å². The molecule has 0 heterocycles. The molecular formula is C17H18Cl2N2O3. The van der Waals surface area contributed by atoms with Crippen LogP contribution in [0, 0.1) is 6.92 Å². The van der Waals surface area contributed by atoms with Gasteiger partial charge in [-0.1, -0.05) is 29.3 Å². The lowest BCUT2D eigenvalue weighted by Crippen LogP contribution is -2.22. The summed E-state index contributed by atoms with van der Waals surface area (Å²) in [5, 5.41) is 6.49. The largest absolute Gasteiger partial charge is 0.493 e. The molecule has 0 radical (unpaired) electrons. The van der Waals surface area contributed by atoms with Crippen molar-refractivity contribution in [3.8, 4) is 11.5 Å². The zero-order valence-electron chi connectivity index (χ0n) is 13.6. The first-order chi connectivity index (χ1) is 11.5. The Labute approximate surface area is 150 Å². The van der Waals surface area contributed by atoms with Crippen LogP contribution < -0.4 is 20.1 Å². The van der Waals surface area contributed by atoms with E-state index in [1.807, 2.05) is 13.0 Å². The first kappa shape index (κ1) is 18.2. The summed E-state index contributed by atoms with van der Waals surface area (Å²) in [6, 6.07) is 8.69. The lowest BCUT2D eigenvalue weighted by molar-refractivity contribution is -0.114. The summed E-state index contributed by atoms with van der Waals surface area (Å²) in [5.74, 6) is 0.980. The van der Waals surface area contributed by atoms with E-state index in [4.69, 9.17) is 32.7 Å². The Bertz CT molecular complexity index is 751. The minimum Gasteiger partial charge on any atom is -0.493 e. The third kappa shape index (κ3) is 4.24. The fourth-order valence-corrected chi connectivity index (χ4v) is 2.49. The van der Waals surface area contributed by atoms with Crippen LogP contribution in [-0.2, 0) is 4.79 Å². The number of halogens is 2. The number of benzene rings is 2. The van der Waals surface area contributed by atoms with Crippen LogP contribution in [0.4, 0.5) is 11.4 Å². The first-order valence-corrected chi connectivity index (χ1v) is 7.92. The van der Waals surface area contributed by atoms with Gasteiger partial charge in [-0.15, -0.1) is 0 Å². The molecule has 0 aliphatic heterocycles. The van der Waals surface area contributed by atoms with E-state index < -0.39 is 0 Å². The Balaban J connectivity index is 2.05. The predicted molar refractivity (Wildman–Crippen MR) is 97.9 cm³/mol. The Hall–Kier alpha value is -2.11. The van der Waals surface area contributed by atoms with Crippen molar-refractivity contribution in [1.29, 1.82) is 0 Å². The molecule has 0 bridgehead atoms. The minimum absolute atomic E-state index is 0.0686. The Morgan fingerprint density at radius 2 is 1.75 bits per heavy atom. The molecule has 0 spiro atoms. The highest BCUT2D eigenvalue weighted by molar-refractivity contribution is 6.44. The Morgan fingerprint density at radius 1 is 1.08 bits per heavy atom. The van der Waals surface area contributed by atoms with Crippen LogP contribution in [0.1, 0.15) is 5.56 Å². The number of carbonyl (C=O) groups excluding carboxylic acids is 1. The number of rotatable bonds is 6. The molecule has 2 rings (SSSR count). The minimum atomic E-state index is -0.242. The zero-order chi connectivity index (χ0) is 17.7. The molecule has 0 aliphatic rings. The fourth-order valence-electron chi connectivity index (χ4n) is 2.14. The summed E-state index contributed by atoms with van der Waals surface area (Å²) < 4.78 is 10.5. The van der Waals surface area contributed by atoms with E-state index >= 15 is 0 Å². The van der Waals surface area contributed by atoms with Crippen LogP contribution in [0.3, 0.4) is 0 Å². The molecule has 5 nitrogen and oxygen atoms in total. The van der Waals surface area contributed by atoms with E-state index in [9.17, 15) is 4.79 Å². The van der Waals surface area contributed by atoms with Gasteiger partial charge in [0.15, 0.2) is 11.5 Å². The lowest BCUT2D eigenvalue weighted by Gasteiger charge is -2.14. The zero-order valence-corrected chi connectivity index (χ0v) is 15.1. The van der Waals surface area contributed by atoms with E-state index in [1.54, 1.807) is 38.5 Å². The lowest BCUT2D eigenvalue weighted by atomic mass is 10.1. The van der Waals surface area contributed by atoms with E-state index in [0.717, 1.165) is 11.3 Å². The normalized spacial score (nSPS) is 10.2. The maximum atomic E-state index is 12.1. The number of hydrogen-bond acceptors (Lipinski definition) is 4. The highest BCUT2D eigenvalue weighted by Gasteiger charge is 2.11. The van der Waals surface area contributed by atoms with Crippen LogP contribution in [0.25, 0.3) is 0 Å². The van der Waals surface area contributed by atoms with Gasteiger partial charge in [0.05, 0.1) is 36.5 Å². The van der Waals surface area contributed by atoms with Crippen LogP contribution >= 0.6 is 23.2 Å². The average Bonchev–Trinajstić information content (AvgIpc) is 2.57. The van der Waals surface area contributed by atoms with Crippen molar-refractivity contribution in [1.82, 2.24) is 0 Å². The van der Waals surface area contributed by atoms with E-state index in [0.29, 0.717) is 27.2 Å². The molecule has 2 N–H and O–H groups in total. The molecule has 2 aromatic rings. The molecule has 0 saturated heterocycles. The predicted octanol–water partition coefficient (Wildman–Crippen LogP) is 4.37. The number of aryl methyl sites for hydroxylation is 1. The standard InChI is InChI=1S/C17H18Cl2N2O3/c1-10-7-14(23-2)15(24-3)8-13(10)20-9-16(22)21-12-6-4-5-11(18)17(12)19/h4-8,20H,9H2,1-3H3,(H,21,22). The summed E-state index contributed by atoms with van der Waals surface area (Å²) in [5.41, 5.74) is 2.18. The summed E-state index contributed by atoms with van der Waals surface area (Å²) in [4.78, 5) is 12.1. The Morgan fingerprint density at radius 3 is 2.42 bits per heavy atom. The van der Waals surface area contributed by atoms with Gasteiger partial charge in [0.25, 0.3) is 0 Å². The van der Waals surface area contributed by atoms with Crippen molar-refractivity contribution in [2.24, 2.45) is 0 Å². The number of anilines is 2. The topological polar surface area (TPSA) is 59.6 Å². The fraction of sp³-hybridized carbons (Fsp3) is 0.235. The molecular weight excluding hydrogens is 351 g/mol. The van der Waals surface area contributed by atoms with Gasteiger partial charge < -0.3 is 20.1 Å². The summed E-state index contributed by atoms with van der Waals surface area (Å²) in [6.07, 6.45) is 0. The maximum Gasteiger partial charge on any atom is 0.243 e. The summed E-state index contributed by atoms with van der Waals surface area (Å²) in [6.45, 7) is 1.98. The summed E-state index contributed by atoms with van der Waals surface area (Å²) in [7, 11) is 3.14. The number of carbonyl (C=O) groups is 1. The highest BCUT2D eigenvalue weighted by Crippen LogP contribution is 2.33. The van der Waals surface area contributed by atoms with Gasteiger partial charge in [-0.05, 0) is 30.7 Å². The number of hydrogen-bond donors (Lipinski definition) is 2. The second kappa shape index (κ2) is 8.13. The number of methoxy groups -OCH3 is 2. The van der Waals surface area contributed by atoms with Crippen LogP contribution in [0.15, 0.2) is 30.3 Å². The van der Waals surface area contributed by atoms with E-state index in [2.05, 4.69) is 10.6 Å². The molecule has 0 fully saturated rings. The highest BCUT2D eigenvalue weighted by atomic mass is 35.5. The van der Waals surface area contributed by atoms with Gasteiger partial charge in [0.1, 0.15) is 0 Å². The van der Waals surface area contributed by atoms with Crippen LogP contribution in [-0.4, -0.2) is 26.7 Å². The SMILES string of the molecule is COc1cc(C)c(NCC(=O)Nc2cccc(Cl)c2Cl)cc1OC. The van der Waals surface area contributed by atoms with Crippen LogP contribution in [0.2, 0.25) is 10.0 Å². The van der Waals surface area contributed by atoms with Crippen molar-refractivity contribution in [3.63, 3.8) is 0 Å². The van der Waals surface area contributed by atoms with Gasteiger partial charge in [-0.3, -0.25) is 4.79 Å². The van der Waals surface area contributed by atoms with Gasteiger partial charge >= 0.3 is 0 Å². The maximum absolute atomic E-state index is 12.1. The molecule has 0 atom stereocenters. The molecule has 2 aromatic carbocycles. The molecule has 24 heavy (non-hydrogen) atoms. The van der Waals surface area contributed by atoms with Crippen LogP contribution in [0.5, 0.6) is 11.5 Å². The molecule has 7 heteroatoms. The number of nitrogens with one attached hydrogen (secondary N) is 2. The third-order valence-corrected chi connectivity index (χ3v) is 4.21. The second-order valence-electron chi connectivity index (χ2n) is 5.03. The number of ether oxygens (including phenoxy) is 2. The average molecular weight is 369 g/mol. The molecule has 0 aliphatic carbocycles. The second-order valence-corrected chi connectivity index (χ2v) is 5.81. The van der Waals surface area contributed by atoms with Gasteiger partial charge in [-0.2, -0.15) is 0 Å². The third-order valence-electron chi connectivity index (χ3n) is 3.40. The number of amides is 1. The van der Waals surface area contributed by atoms with Crippen molar-refractivity contribution in [2.45, 2.75) is 6.92 Å². The summed E-state index contributed by atoms with van der Waals surface area (Å²) >= 11 is 12.0. The smallest absolute Gasteiger partial charge is 0.243 e. The van der Waals surface area contributed by atoms with Gasteiger partial charge in [0.2, 0.25) is 5.91 Å². The van der Waals surface area contributed by atoms with Crippen molar-refractivity contribution < 1.29 is 14.3 Å². The Kier molecular flexibility index (Phi) is 6.17. The molecule has 0 unspecified atom stereocenters. The molecule has 0 aromatic heterocycles. The van der Waals surface area contributed by atoms with E-state index in [1.165, 1.54) is 0 Å². The van der Waals surface area contributed by atoms with Crippen molar-refractivity contribution >= 4 is 40.5 Å². The monoisotopic (exact) mass is 368 g/mol. The van der Waals surface area contributed by atoms with Crippen molar-refractivity contribution in [3.05, 3.63) is 45.9 Å². The first-order valence-electron chi connectivity index (χ1n) is 7.16. The quantitative estimate of drug-likeness (QED) is 0.794. The molecule has 128 valence electrons. The van der Waals surface area contributed by atoms with Gasteiger partial charge in [-0.25, -0.2) is 0 Å². The molecule has 0 saturated carbocycles. The van der Waals surface area contributed by atoms with E-state index in [-0.39, 0.29) is 12.5 Å². The molecule has 1 amide bonds. The van der Waals surface area contributed by atoms with Crippen molar-refractivity contribution in [2.75, 3.05) is 31.4 Å².